The average Bonchev–Trinajstić information content (AvgIpc) is 3.49. The lowest BCUT2D eigenvalue weighted by atomic mass is 9.89. The van der Waals surface area contributed by atoms with Crippen molar-refractivity contribution >= 4 is 86.6 Å². The minimum atomic E-state index is 0.938. The van der Waals surface area contributed by atoms with Gasteiger partial charge in [-0.25, -0.2) is 0 Å². The number of rotatable bonds is 2. The van der Waals surface area contributed by atoms with E-state index >= 15 is 0 Å². The molecule has 0 aliphatic carbocycles. The van der Waals surface area contributed by atoms with Gasteiger partial charge in [-0.2, -0.15) is 0 Å². The summed E-state index contributed by atoms with van der Waals surface area (Å²) in [6.07, 6.45) is 0. The molecule has 0 saturated carbocycles. The lowest BCUT2D eigenvalue weighted by Crippen LogP contribution is -1.87. The van der Waals surface area contributed by atoms with Gasteiger partial charge in [-0.3, -0.25) is 0 Å². The van der Waals surface area contributed by atoms with Crippen LogP contribution in [0.15, 0.2) is 150 Å². The van der Waals surface area contributed by atoms with Gasteiger partial charge in [0.15, 0.2) is 0 Å². The predicted molar refractivity (Wildman–Crippen MR) is 192 cm³/mol. The van der Waals surface area contributed by atoms with Crippen LogP contribution in [0.4, 0.5) is 0 Å². The van der Waals surface area contributed by atoms with Crippen molar-refractivity contribution in [3.05, 3.63) is 146 Å². The summed E-state index contributed by atoms with van der Waals surface area (Å²) >= 11 is 0. The lowest BCUT2D eigenvalue weighted by molar-refractivity contribution is 0.671. The Kier molecular flexibility index (Phi) is 4.38. The van der Waals surface area contributed by atoms with E-state index < -0.39 is 0 Å². The van der Waals surface area contributed by atoms with Crippen LogP contribution in [0.25, 0.3) is 109 Å². The summed E-state index contributed by atoms with van der Waals surface area (Å²) in [6.45, 7) is 0. The third-order valence-electron chi connectivity index (χ3n) is 10.2. The number of fused-ring (bicyclic) bond motifs is 3. The van der Waals surface area contributed by atoms with Crippen molar-refractivity contribution in [1.82, 2.24) is 0 Å². The fourth-order valence-corrected chi connectivity index (χ4v) is 8.18. The van der Waals surface area contributed by atoms with Crippen LogP contribution in [-0.2, 0) is 0 Å². The van der Waals surface area contributed by atoms with Crippen LogP contribution in [0, 0.1) is 0 Å². The first-order chi connectivity index (χ1) is 22.3. The fourth-order valence-electron chi connectivity index (χ4n) is 8.18. The highest BCUT2D eigenvalue weighted by Crippen LogP contribution is 2.46. The van der Waals surface area contributed by atoms with Gasteiger partial charge < -0.3 is 4.42 Å². The first kappa shape index (κ1) is 23.5. The molecule has 11 rings (SSSR count). The van der Waals surface area contributed by atoms with Crippen LogP contribution in [0.1, 0.15) is 0 Å². The maximum absolute atomic E-state index is 7.00. The first-order valence-corrected chi connectivity index (χ1v) is 15.6. The number of hydrogen-bond acceptors (Lipinski definition) is 1. The summed E-state index contributed by atoms with van der Waals surface area (Å²) in [5, 5.41) is 17.8. The zero-order valence-electron chi connectivity index (χ0n) is 24.3. The summed E-state index contributed by atoms with van der Waals surface area (Å²) in [4.78, 5) is 0. The van der Waals surface area contributed by atoms with Crippen molar-refractivity contribution in [1.29, 1.82) is 0 Å². The number of furan rings is 1. The summed E-state index contributed by atoms with van der Waals surface area (Å²) in [5.41, 5.74) is 6.54. The SMILES string of the molecule is c1cc2ccc3ccc(-c4cccc5c4oc4c(-c6ccc7ccc8cccc9ccc6c7c89)cccc45)c4ccc(c1)c2c34. The largest absolute Gasteiger partial charge is 0.455 e. The van der Waals surface area contributed by atoms with Gasteiger partial charge in [0.1, 0.15) is 11.2 Å². The summed E-state index contributed by atoms with van der Waals surface area (Å²) in [7, 11) is 0. The summed E-state index contributed by atoms with van der Waals surface area (Å²) in [5.74, 6) is 0. The Labute approximate surface area is 258 Å². The number of para-hydroxylation sites is 2. The second-order valence-electron chi connectivity index (χ2n) is 12.4. The van der Waals surface area contributed by atoms with Gasteiger partial charge >= 0.3 is 0 Å². The second kappa shape index (κ2) is 8.37. The maximum atomic E-state index is 7.00. The lowest BCUT2D eigenvalue weighted by Gasteiger charge is -2.14. The molecule has 206 valence electrons. The molecule has 11 aromatic rings. The molecule has 0 radical (unpaired) electrons. The highest BCUT2D eigenvalue weighted by Gasteiger charge is 2.20. The Morgan fingerprint density at radius 3 is 1.04 bits per heavy atom. The van der Waals surface area contributed by atoms with Crippen LogP contribution >= 0.6 is 0 Å². The molecule has 0 unspecified atom stereocenters. The van der Waals surface area contributed by atoms with Gasteiger partial charge in [-0.1, -0.05) is 146 Å². The molecule has 0 saturated heterocycles. The molecule has 0 fully saturated rings. The molecular formula is C44H24O. The molecule has 0 aliphatic heterocycles. The van der Waals surface area contributed by atoms with Gasteiger partial charge in [-0.05, 0) is 75.8 Å². The molecule has 1 nitrogen and oxygen atoms in total. The molecule has 0 spiro atoms. The zero-order valence-corrected chi connectivity index (χ0v) is 24.3. The topological polar surface area (TPSA) is 13.1 Å². The molecule has 0 N–H and O–H groups in total. The van der Waals surface area contributed by atoms with E-state index in [1.165, 1.54) is 75.8 Å². The Hall–Kier alpha value is -5.92. The van der Waals surface area contributed by atoms with Crippen molar-refractivity contribution in [3.63, 3.8) is 0 Å². The van der Waals surface area contributed by atoms with Crippen molar-refractivity contribution in [2.24, 2.45) is 0 Å². The van der Waals surface area contributed by atoms with E-state index in [0.717, 1.165) is 33.1 Å². The molecule has 1 aromatic heterocycles. The molecule has 10 aromatic carbocycles. The summed E-state index contributed by atoms with van der Waals surface area (Å²) in [6, 6.07) is 53.5. The molecule has 45 heavy (non-hydrogen) atoms. The highest BCUT2D eigenvalue weighted by molar-refractivity contribution is 6.28. The van der Waals surface area contributed by atoms with Crippen LogP contribution < -0.4 is 0 Å². The van der Waals surface area contributed by atoms with E-state index in [1.54, 1.807) is 0 Å². The number of hydrogen-bond donors (Lipinski definition) is 0. The van der Waals surface area contributed by atoms with E-state index in [1.807, 2.05) is 0 Å². The molecule has 0 atom stereocenters. The van der Waals surface area contributed by atoms with Gasteiger partial charge in [0.05, 0.1) is 0 Å². The third kappa shape index (κ3) is 3.02. The van der Waals surface area contributed by atoms with Gasteiger partial charge in [-0.15, -0.1) is 0 Å². The van der Waals surface area contributed by atoms with Crippen molar-refractivity contribution in [2.45, 2.75) is 0 Å². The Morgan fingerprint density at radius 1 is 0.244 bits per heavy atom. The van der Waals surface area contributed by atoms with Crippen molar-refractivity contribution in [2.75, 3.05) is 0 Å². The molecule has 0 amide bonds. The molecule has 1 heterocycles. The Bertz CT molecular complexity index is 2740. The van der Waals surface area contributed by atoms with Crippen molar-refractivity contribution in [3.8, 4) is 22.3 Å². The quantitative estimate of drug-likeness (QED) is 0.189. The molecule has 1 heteroatoms. The maximum Gasteiger partial charge on any atom is 0.143 e. The normalized spacial score (nSPS) is 12.4. The van der Waals surface area contributed by atoms with Crippen LogP contribution in [0.3, 0.4) is 0 Å². The van der Waals surface area contributed by atoms with E-state index in [0.29, 0.717) is 0 Å². The standard InChI is InChI=1S/C44H24O/c1-5-25-13-15-29-17-21-31(33-23-19-27(7-1)39(25)41(29)33)35-9-3-11-37-38-12-4-10-36(44(38)45-43(35)37)32-22-18-30-16-14-26-6-2-8-28-20-24-34(32)42(30)40(26)28/h1-24H. The highest BCUT2D eigenvalue weighted by atomic mass is 16.3. The van der Waals surface area contributed by atoms with E-state index in [-0.39, 0.29) is 0 Å². The van der Waals surface area contributed by atoms with Gasteiger partial charge in [0.25, 0.3) is 0 Å². The third-order valence-corrected chi connectivity index (χ3v) is 10.2. The molecule has 0 bridgehead atoms. The van der Waals surface area contributed by atoms with E-state index in [2.05, 4.69) is 146 Å². The van der Waals surface area contributed by atoms with Crippen molar-refractivity contribution < 1.29 is 4.42 Å². The van der Waals surface area contributed by atoms with E-state index in [4.69, 9.17) is 4.42 Å². The van der Waals surface area contributed by atoms with E-state index in [9.17, 15) is 0 Å². The fraction of sp³-hybridized carbons (Fsp3) is 0. The summed E-state index contributed by atoms with van der Waals surface area (Å²) < 4.78 is 7.00. The first-order valence-electron chi connectivity index (χ1n) is 15.6. The average molecular weight is 569 g/mol. The molecular weight excluding hydrogens is 544 g/mol. The van der Waals surface area contributed by atoms with Gasteiger partial charge in [0, 0.05) is 21.9 Å². The van der Waals surface area contributed by atoms with Gasteiger partial charge in [0.2, 0.25) is 0 Å². The van der Waals surface area contributed by atoms with Crippen LogP contribution in [0.2, 0.25) is 0 Å². The van der Waals surface area contributed by atoms with Crippen LogP contribution in [0.5, 0.6) is 0 Å². The Balaban J connectivity index is 1.21. The smallest absolute Gasteiger partial charge is 0.143 e. The zero-order chi connectivity index (χ0) is 29.2. The predicted octanol–water partition coefficient (Wildman–Crippen LogP) is 12.7. The van der Waals surface area contributed by atoms with Crippen LogP contribution in [-0.4, -0.2) is 0 Å². The Morgan fingerprint density at radius 2 is 0.600 bits per heavy atom. The minimum absolute atomic E-state index is 0.938. The minimum Gasteiger partial charge on any atom is -0.455 e. The number of benzene rings is 10. The monoisotopic (exact) mass is 568 g/mol. The molecule has 0 aliphatic rings. The second-order valence-corrected chi connectivity index (χ2v) is 12.4.